The van der Waals surface area contributed by atoms with Crippen LogP contribution in [0.15, 0.2) is 42.5 Å². The van der Waals surface area contributed by atoms with Crippen molar-refractivity contribution in [2.24, 2.45) is 0 Å². The van der Waals surface area contributed by atoms with Crippen LogP contribution in [0.3, 0.4) is 0 Å². The van der Waals surface area contributed by atoms with E-state index in [0.29, 0.717) is 17.1 Å². The number of nitrogens with one attached hydrogen (secondary N) is 2. The number of thiazole rings is 1. The van der Waals surface area contributed by atoms with Crippen LogP contribution < -0.4 is 10.6 Å². The van der Waals surface area contributed by atoms with Gasteiger partial charge in [-0.25, -0.2) is 9.37 Å². The van der Waals surface area contributed by atoms with Crippen LogP contribution in [-0.2, 0) is 11.2 Å². The van der Waals surface area contributed by atoms with Gasteiger partial charge in [0.15, 0.2) is 5.13 Å². The summed E-state index contributed by atoms with van der Waals surface area (Å²) in [5, 5.41) is 6.22. The highest BCUT2D eigenvalue weighted by Gasteiger charge is 2.33. The first-order valence-corrected chi connectivity index (χ1v) is 10.2. The maximum Gasteiger partial charge on any atom is 0.257 e. The Morgan fingerprint density at radius 1 is 1.10 bits per heavy atom. The Labute approximate surface area is 172 Å². The molecule has 0 saturated carbocycles. The third-order valence-electron chi connectivity index (χ3n) is 5.01. The van der Waals surface area contributed by atoms with Gasteiger partial charge in [0.25, 0.3) is 5.91 Å². The highest BCUT2D eigenvalue weighted by atomic mass is 32.1. The lowest BCUT2D eigenvalue weighted by Crippen LogP contribution is -2.20. The van der Waals surface area contributed by atoms with Gasteiger partial charge in [-0.1, -0.05) is 12.1 Å². The fourth-order valence-corrected chi connectivity index (χ4v) is 4.43. The zero-order chi connectivity index (χ0) is 20.5. The molecule has 4 rings (SSSR count). The third kappa shape index (κ3) is 4.05. The second kappa shape index (κ2) is 7.75. The number of carbonyl (C=O) groups excluding carboxylic acids is 2. The zero-order valence-corrected chi connectivity index (χ0v) is 16.9. The van der Waals surface area contributed by atoms with E-state index in [-0.39, 0.29) is 17.7 Å². The highest BCUT2D eigenvalue weighted by Crippen LogP contribution is 2.39. The minimum atomic E-state index is -0.396. The molecular weight excluding hydrogens is 389 g/mol. The molecule has 2 amide bonds. The molecule has 29 heavy (non-hydrogen) atoms. The molecule has 0 fully saturated rings. The molecule has 148 valence electrons. The summed E-state index contributed by atoms with van der Waals surface area (Å²) in [6.45, 7) is 3.94. The van der Waals surface area contributed by atoms with Crippen LogP contribution in [0.1, 0.15) is 44.4 Å². The van der Waals surface area contributed by atoms with E-state index in [4.69, 9.17) is 0 Å². The van der Waals surface area contributed by atoms with Crippen molar-refractivity contribution in [1.29, 1.82) is 0 Å². The molecule has 0 aliphatic heterocycles. The molecular formula is C22H20FN3O2S. The van der Waals surface area contributed by atoms with E-state index in [1.165, 1.54) is 35.6 Å². The number of hydrogen-bond donors (Lipinski definition) is 2. The maximum atomic E-state index is 13.0. The molecule has 2 aromatic carbocycles. The van der Waals surface area contributed by atoms with Crippen molar-refractivity contribution in [3.63, 3.8) is 0 Å². The predicted octanol–water partition coefficient (Wildman–Crippen LogP) is 4.82. The molecule has 5 nitrogen and oxygen atoms in total. The molecule has 3 aromatic rings. The van der Waals surface area contributed by atoms with E-state index < -0.39 is 5.82 Å². The smallest absolute Gasteiger partial charge is 0.257 e. The van der Waals surface area contributed by atoms with Gasteiger partial charge in [0, 0.05) is 16.1 Å². The summed E-state index contributed by atoms with van der Waals surface area (Å²) in [6.07, 6.45) is 1.46. The summed E-state index contributed by atoms with van der Waals surface area (Å²) < 4.78 is 13.0. The van der Waals surface area contributed by atoms with E-state index in [1.807, 2.05) is 32.0 Å². The molecule has 0 radical (unpaired) electrons. The van der Waals surface area contributed by atoms with Gasteiger partial charge >= 0.3 is 0 Å². The predicted molar refractivity (Wildman–Crippen MR) is 112 cm³/mol. The molecule has 0 bridgehead atoms. The summed E-state index contributed by atoms with van der Waals surface area (Å²) >= 11 is 1.38. The minimum absolute atomic E-state index is 0.0841. The monoisotopic (exact) mass is 409 g/mol. The molecule has 7 heteroatoms. The number of rotatable bonds is 4. The second-order valence-electron chi connectivity index (χ2n) is 7.19. The van der Waals surface area contributed by atoms with Crippen LogP contribution in [0.25, 0.3) is 0 Å². The number of nitrogens with zero attached hydrogens (tertiary/aromatic N) is 1. The van der Waals surface area contributed by atoms with Crippen LogP contribution in [-0.4, -0.2) is 16.8 Å². The number of fused-ring (bicyclic) bond motifs is 1. The van der Waals surface area contributed by atoms with Gasteiger partial charge in [-0.05, 0) is 68.1 Å². The Kier molecular flexibility index (Phi) is 5.15. The van der Waals surface area contributed by atoms with E-state index in [1.54, 1.807) is 0 Å². The molecule has 1 aromatic heterocycles. The maximum absolute atomic E-state index is 13.0. The number of aromatic nitrogens is 1. The number of halogens is 1. The zero-order valence-electron chi connectivity index (χ0n) is 16.1. The molecule has 1 unspecified atom stereocenters. The number of amides is 2. The van der Waals surface area contributed by atoms with E-state index in [0.717, 1.165) is 33.8 Å². The van der Waals surface area contributed by atoms with Crippen molar-refractivity contribution in [2.75, 3.05) is 10.6 Å². The summed E-state index contributed by atoms with van der Waals surface area (Å²) in [7, 11) is 0. The summed E-state index contributed by atoms with van der Waals surface area (Å²) in [6, 6.07) is 11.3. The molecule has 1 aliphatic carbocycles. The standard InChI is InChI=1S/C22H20FN3O2S/c1-12-3-4-13(2)17(11-12)24-21(28)16-9-10-18-19(16)25-22(29-18)26-20(27)14-5-7-15(23)8-6-14/h3-8,11,16H,9-10H2,1-2H3,(H,24,28)(H,25,26,27). The first-order valence-electron chi connectivity index (χ1n) is 9.35. The van der Waals surface area contributed by atoms with Crippen molar-refractivity contribution in [3.05, 3.63) is 75.5 Å². The Balaban J connectivity index is 1.48. The largest absolute Gasteiger partial charge is 0.325 e. The molecule has 1 atom stereocenters. The van der Waals surface area contributed by atoms with Crippen LogP contribution in [0.2, 0.25) is 0 Å². The van der Waals surface area contributed by atoms with Gasteiger partial charge < -0.3 is 5.32 Å². The van der Waals surface area contributed by atoms with Crippen molar-refractivity contribution in [1.82, 2.24) is 4.98 Å². The number of aryl methyl sites for hydroxylation is 3. The molecule has 0 spiro atoms. The number of carbonyl (C=O) groups is 2. The van der Waals surface area contributed by atoms with Crippen LogP contribution in [0.5, 0.6) is 0 Å². The van der Waals surface area contributed by atoms with Crippen molar-refractivity contribution in [2.45, 2.75) is 32.6 Å². The lowest BCUT2D eigenvalue weighted by Gasteiger charge is -2.13. The summed E-state index contributed by atoms with van der Waals surface area (Å²) in [5.74, 6) is -1.17. The average Bonchev–Trinajstić information content (AvgIpc) is 3.25. The van der Waals surface area contributed by atoms with Gasteiger partial charge in [0.05, 0.1) is 11.6 Å². The van der Waals surface area contributed by atoms with Crippen LogP contribution >= 0.6 is 11.3 Å². The molecule has 0 saturated heterocycles. The van der Waals surface area contributed by atoms with E-state index >= 15 is 0 Å². The minimum Gasteiger partial charge on any atom is -0.325 e. The van der Waals surface area contributed by atoms with Crippen molar-refractivity contribution >= 4 is 34.0 Å². The second-order valence-corrected chi connectivity index (χ2v) is 8.27. The fourth-order valence-electron chi connectivity index (χ4n) is 3.40. The molecule has 1 aliphatic rings. The fraction of sp³-hybridized carbons (Fsp3) is 0.227. The average molecular weight is 409 g/mol. The third-order valence-corrected chi connectivity index (χ3v) is 6.06. The SMILES string of the molecule is Cc1ccc(C)c(NC(=O)C2CCc3sc(NC(=O)c4ccc(F)cc4)nc32)c1. The molecule has 2 N–H and O–H groups in total. The Morgan fingerprint density at radius 2 is 1.86 bits per heavy atom. The first kappa shape index (κ1) is 19.3. The van der Waals surface area contributed by atoms with Crippen molar-refractivity contribution < 1.29 is 14.0 Å². The van der Waals surface area contributed by atoms with Crippen LogP contribution in [0.4, 0.5) is 15.2 Å². The Bertz CT molecular complexity index is 1090. The first-order chi connectivity index (χ1) is 13.9. The normalized spacial score (nSPS) is 15.1. The lowest BCUT2D eigenvalue weighted by atomic mass is 10.1. The topological polar surface area (TPSA) is 71.1 Å². The van der Waals surface area contributed by atoms with Crippen LogP contribution in [0, 0.1) is 19.7 Å². The van der Waals surface area contributed by atoms with Crippen molar-refractivity contribution in [3.8, 4) is 0 Å². The highest BCUT2D eigenvalue weighted by molar-refractivity contribution is 7.16. The van der Waals surface area contributed by atoms with Gasteiger partial charge in [-0.15, -0.1) is 11.3 Å². The molecule has 1 heterocycles. The lowest BCUT2D eigenvalue weighted by molar-refractivity contribution is -0.117. The number of anilines is 2. The number of hydrogen-bond acceptors (Lipinski definition) is 4. The Hall–Kier alpha value is -3.06. The Morgan fingerprint density at radius 3 is 2.62 bits per heavy atom. The van der Waals surface area contributed by atoms with E-state index in [9.17, 15) is 14.0 Å². The summed E-state index contributed by atoms with van der Waals surface area (Å²) in [4.78, 5) is 30.7. The van der Waals surface area contributed by atoms with Gasteiger partial charge in [0.1, 0.15) is 5.82 Å². The number of benzene rings is 2. The van der Waals surface area contributed by atoms with E-state index in [2.05, 4.69) is 15.6 Å². The van der Waals surface area contributed by atoms with Gasteiger partial charge in [0.2, 0.25) is 5.91 Å². The van der Waals surface area contributed by atoms with Gasteiger partial charge in [-0.3, -0.25) is 14.9 Å². The quantitative estimate of drug-likeness (QED) is 0.649. The van der Waals surface area contributed by atoms with Gasteiger partial charge in [-0.2, -0.15) is 0 Å². The summed E-state index contributed by atoms with van der Waals surface area (Å²) in [5.41, 5.74) is 3.98.